The number of halogens is 1. The van der Waals surface area contributed by atoms with Gasteiger partial charge in [-0.2, -0.15) is 0 Å². The Labute approximate surface area is 133 Å². The molecule has 0 atom stereocenters. The molecule has 1 aromatic heterocycles. The highest BCUT2D eigenvalue weighted by Crippen LogP contribution is 2.29. The standard InChI is InChI=1S/C15H16FNO5S/c1-3-8-17(12-7-5-4-6-11(12)16)23(20,21)14-9-13(15(18)19)22-10(14)2/h4-7,9H,3,8H2,1-2H3,(H,18,19). The molecule has 0 saturated carbocycles. The topological polar surface area (TPSA) is 87.8 Å². The third-order valence-corrected chi connectivity index (χ3v) is 5.12. The van der Waals surface area contributed by atoms with Gasteiger partial charge in [0.2, 0.25) is 5.76 Å². The van der Waals surface area contributed by atoms with E-state index in [-0.39, 0.29) is 22.9 Å². The van der Waals surface area contributed by atoms with E-state index in [0.717, 1.165) is 10.4 Å². The van der Waals surface area contributed by atoms with Crippen LogP contribution in [0.2, 0.25) is 0 Å². The average Bonchev–Trinajstić information content (AvgIpc) is 2.89. The molecule has 0 unspecified atom stereocenters. The second-order valence-electron chi connectivity index (χ2n) is 4.86. The van der Waals surface area contributed by atoms with Gasteiger partial charge in [-0.25, -0.2) is 17.6 Å². The van der Waals surface area contributed by atoms with Crippen LogP contribution < -0.4 is 4.31 Å². The minimum Gasteiger partial charge on any atom is -0.475 e. The zero-order chi connectivity index (χ0) is 17.2. The van der Waals surface area contributed by atoms with E-state index < -0.39 is 27.6 Å². The van der Waals surface area contributed by atoms with Crippen LogP contribution in [0, 0.1) is 12.7 Å². The molecule has 0 spiro atoms. The number of sulfonamides is 1. The van der Waals surface area contributed by atoms with Gasteiger partial charge in [0.05, 0.1) is 5.69 Å². The Morgan fingerprint density at radius 2 is 2.00 bits per heavy atom. The molecule has 2 aromatic rings. The second-order valence-corrected chi connectivity index (χ2v) is 6.70. The van der Waals surface area contributed by atoms with Gasteiger partial charge in [-0.05, 0) is 25.5 Å². The average molecular weight is 341 g/mol. The number of furan rings is 1. The Balaban J connectivity index is 2.58. The molecule has 23 heavy (non-hydrogen) atoms. The van der Waals surface area contributed by atoms with Gasteiger partial charge < -0.3 is 9.52 Å². The van der Waals surface area contributed by atoms with Crippen LogP contribution in [0.3, 0.4) is 0 Å². The number of aromatic carboxylic acids is 1. The molecule has 6 nitrogen and oxygen atoms in total. The summed E-state index contributed by atoms with van der Waals surface area (Å²) in [4.78, 5) is 10.7. The summed E-state index contributed by atoms with van der Waals surface area (Å²) in [6, 6.07) is 6.45. The molecule has 1 aromatic carbocycles. The first kappa shape index (κ1) is 17.0. The largest absolute Gasteiger partial charge is 0.475 e. The second kappa shape index (κ2) is 6.41. The van der Waals surface area contributed by atoms with Crippen molar-refractivity contribution in [2.75, 3.05) is 10.8 Å². The maximum absolute atomic E-state index is 14.0. The number of carbonyl (C=O) groups is 1. The van der Waals surface area contributed by atoms with Crippen molar-refractivity contribution in [3.63, 3.8) is 0 Å². The van der Waals surface area contributed by atoms with Crippen molar-refractivity contribution in [2.45, 2.75) is 25.2 Å². The molecule has 0 aliphatic heterocycles. The monoisotopic (exact) mass is 341 g/mol. The first-order chi connectivity index (χ1) is 10.8. The van der Waals surface area contributed by atoms with Crippen LogP contribution in [0.15, 0.2) is 39.6 Å². The van der Waals surface area contributed by atoms with Crippen LogP contribution in [0.5, 0.6) is 0 Å². The summed E-state index contributed by atoms with van der Waals surface area (Å²) in [6.07, 6.45) is 0.455. The Hall–Kier alpha value is -2.35. The van der Waals surface area contributed by atoms with Crippen LogP contribution in [0.4, 0.5) is 10.1 Å². The molecule has 0 aliphatic carbocycles. The number of nitrogens with zero attached hydrogens (tertiary/aromatic N) is 1. The molecule has 0 aliphatic rings. The summed E-state index contributed by atoms with van der Waals surface area (Å²) in [5.74, 6) is -2.59. The molecule has 0 saturated heterocycles. The number of benzene rings is 1. The smallest absolute Gasteiger partial charge is 0.371 e. The molecule has 1 heterocycles. The van der Waals surface area contributed by atoms with E-state index in [1.807, 2.05) is 0 Å². The lowest BCUT2D eigenvalue weighted by Crippen LogP contribution is -2.32. The van der Waals surface area contributed by atoms with Gasteiger partial charge in [0.15, 0.2) is 0 Å². The molecular weight excluding hydrogens is 325 g/mol. The maximum atomic E-state index is 14.0. The summed E-state index contributed by atoms with van der Waals surface area (Å²) in [7, 11) is -4.15. The lowest BCUT2D eigenvalue weighted by molar-refractivity contribution is 0.0661. The predicted octanol–water partition coefficient (Wildman–Crippen LogP) is 3.03. The van der Waals surface area contributed by atoms with Crippen LogP contribution in [0.1, 0.15) is 29.7 Å². The summed E-state index contributed by atoms with van der Waals surface area (Å²) < 4.78 is 45.6. The summed E-state index contributed by atoms with van der Waals surface area (Å²) in [6.45, 7) is 3.16. The lowest BCUT2D eigenvalue weighted by Gasteiger charge is -2.24. The Morgan fingerprint density at radius 1 is 1.35 bits per heavy atom. The fraction of sp³-hybridized carbons (Fsp3) is 0.267. The molecular formula is C15H16FNO5S. The molecule has 2 rings (SSSR count). The molecule has 8 heteroatoms. The number of hydrogen-bond donors (Lipinski definition) is 1. The van der Waals surface area contributed by atoms with E-state index in [4.69, 9.17) is 9.52 Å². The minimum absolute atomic E-state index is 0.0519. The first-order valence-electron chi connectivity index (χ1n) is 6.90. The van der Waals surface area contributed by atoms with E-state index in [1.165, 1.54) is 31.2 Å². The van der Waals surface area contributed by atoms with E-state index >= 15 is 0 Å². The normalized spacial score (nSPS) is 11.4. The number of aryl methyl sites for hydroxylation is 1. The highest BCUT2D eigenvalue weighted by Gasteiger charge is 2.31. The van der Waals surface area contributed by atoms with Crippen LogP contribution in [-0.4, -0.2) is 26.0 Å². The molecule has 0 fully saturated rings. The van der Waals surface area contributed by atoms with Crippen molar-refractivity contribution in [1.82, 2.24) is 0 Å². The van der Waals surface area contributed by atoms with Gasteiger partial charge in [-0.3, -0.25) is 4.31 Å². The molecule has 124 valence electrons. The van der Waals surface area contributed by atoms with Crippen molar-refractivity contribution in [3.8, 4) is 0 Å². The summed E-state index contributed by atoms with van der Waals surface area (Å²) in [5, 5.41) is 8.93. The number of para-hydroxylation sites is 1. The van der Waals surface area contributed by atoms with E-state index in [9.17, 15) is 17.6 Å². The fourth-order valence-corrected chi connectivity index (χ4v) is 3.90. The Kier molecular flexibility index (Phi) is 4.74. The zero-order valence-electron chi connectivity index (χ0n) is 12.6. The van der Waals surface area contributed by atoms with Gasteiger partial charge >= 0.3 is 5.97 Å². The van der Waals surface area contributed by atoms with E-state index in [1.54, 1.807) is 6.92 Å². The SMILES string of the molecule is CCCN(c1ccccc1F)S(=O)(=O)c1cc(C(=O)O)oc1C. The van der Waals surface area contributed by atoms with Gasteiger partial charge in [-0.1, -0.05) is 19.1 Å². The van der Waals surface area contributed by atoms with Crippen LogP contribution >= 0.6 is 0 Å². The third-order valence-electron chi connectivity index (χ3n) is 3.20. The predicted molar refractivity (Wildman–Crippen MR) is 81.6 cm³/mol. The van der Waals surface area contributed by atoms with Crippen molar-refractivity contribution in [1.29, 1.82) is 0 Å². The number of hydrogen-bond acceptors (Lipinski definition) is 4. The number of carboxylic acid groups (broad SMARTS) is 1. The van der Waals surface area contributed by atoms with E-state index in [0.29, 0.717) is 6.42 Å². The van der Waals surface area contributed by atoms with Crippen LogP contribution in [-0.2, 0) is 10.0 Å². The maximum Gasteiger partial charge on any atom is 0.371 e. The zero-order valence-corrected chi connectivity index (χ0v) is 13.4. The molecule has 0 bridgehead atoms. The summed E-state index contributed by atoms with van der Waals surface area (Å²) >= 11 is 0. The van der Waals surface area contributed by atoms with Gasteiger partial charge in [-0.15, -0.1) is 0 Å². The fourth-order valence-electron chi connectivity index (χ4n) is 2.17. The third kappa shape index (κ3) is 3.21. The van der Waals surface area contributed by atoms with Gasteiger partial charge in [0.1, 0.15) is 16.5 Å². The number of carboxylic acids is 1. The number of rotatable bonds is 6. The Bertz CT molecular complexity index is 828. The van der Waals surface area contributed by atoms with Crippen molar-refractivity contribution < 1.29 is 27.1 Å². The first-order valence-corrected chi connectivity index (χ1v) is 8.34. The highest BCUT2D eigenvalue weighted by molar-refractivity contribution is 7.92. The molecule has 1 N–H and O–H groups in total. The number of anilines is 1. The van der Waals surface area contributed by atoms with Crippen molar-refractivity contribution >= 4 is 21.7 Å². The summed E-state index contributed by atoms with van der Waals surface area (Å²) in [5.41, 5.74) is -0.0909. The van der Waals surface area contributed by atoms with Crippen LogP contribution in [0.25, 0.3) is 0 Å². The van der Waals surface area contributed by atoms with E-state index in [2.05, 4.69) is 0 Å². The molecule has 0 amide bonds. The minimum atomic E-state index is -4.15. The van der Waals surface area contributed by atoms with Gasteiger partial charge in [0, 0.05) is 12.6 Å². The highest BCUT2D eigenvalue weighted by atomic mass is 32.2. The van der Waals surface area contributed by atoms with Gasteiger partial charge in [0.25, 0.3) is 10.0 Å². The quantitative estimate of drug-likeness (QED) is 0.872. The molecule has 0 radical (unpaired) electrons. The lowest BCUT2D eigenvalue weighted by atomic mass is 10.3. The Morgan fingerprint density at radius 3 is 2.52 bits per heavy atom. The van der Waals surface area contributed by atoms with Crippen molar-refractivity contribution in [2.24, 2.45) is 0 Å². The van der Waals surface area contributed by atoms with Crippen molar-refractivity contribution in [3.05, 3.63) is 47.7 Å².